The summed E-state index contributed by atoms with van der Waals surface area (Å²) in [4.78, 5) is 0. The average Bonchev–Trinajstić information content (AvgIpc) is 1.83. The summed E-state index contributed by atoms with van der Waals surface area (Å²) < 4.78 is 0. The van der Waals surface area contributed by atoms with E-state index in [1.165, 1.54) is 6.92 Å². The van der Waals surface area contributed by atoms with Crippen molar-refractivity contribution in [2.45, 2.75) is 32.0 Å². The SMILES string of the molecule is CC(C)(O)C#CC(C)(O)CCl. The molecule has 0 rings (SSSR count). The second-order valence-corrected chi connectivity index (χ2v) is 3.48. The first-order valence-corrected chi connectivity index (χ1v) is 3.85. The van der Waals surface area contributed by atoms with Crippen LogP contribution in [-0.4, -0.2) is 27.3 Å². The van der Waals surface area contributed by atoms with Gasteiger partial charge in [-0.3, -0.25) is 0 Å². The molecule has 0 saturated heterocycles. The summed E-state index contributed by atoms with van der Waals surface area (Å²) in [6, 6.07) is 0. The fourth-order valence-corrected chi connectivity index (χ4v) is 0.388. The Morgan fingerprint density at radius 1 is 1.18 bits per heavy atom. The summed E-state index contributed by atoms with van der Waals surface area (Å²) in [5, 5.41) is 18.4. The predicted octanol–water partition coefficient (Wildman–Crippen LogP) is 0.750. The molecule has 0 bridgehead atoms. The second-order valence-electron chi connectivity index (χ2n) is 3.22. The van der Waals surface area contributed by atoms with Crippen LogP contribution in [0.25, 0.3) is 0 Å². The molecule has 3 heteroatoms. The summed E-state index contributed by atoms with van der Waals surface area (Å²) >= 11 is 5.39. The van der Waals surface area contributed by atoms with Crippen LogP contribution in [0.3, 0.4) is 0 Å². The molecule has 0 aliphatic carbocycles. The van der Waals surface area contributed by atoms with Crippen LogP contribution in [0.1, 0.15) is 20.8 Å². The smallest absolute Gasteiger partial charge is 0.136 e. The van der Waals surface area contributed by atoms with E-state index < -0.39 is 11.2 Å². The fourth-order valence-electron chi connectivity index (χ4n) is 0.321. The topological polar surface area (TPSA) is 40.5 Å². The zero-order chi connectivity index (χ0) is 9.12. The van der Waals surface area contributed by atoms with Crippen LogP contribution < -0.4 is 0 Å². The van der Waals surface area contributed by atoms with E-state index in [2.05, 4.69) is 11.8 Å². The number of rotatable bonds is 1. The third-order valence-electron chi connectivity index (χ3n) is 0.898. The second kappa shape index (κ2) is 3.44. The molecular weight excluding hydrogens is 164 g/mol. The molecular formula is C8H13ClO2. The van der Waals surface area contributed by atoms with Crippen LogP contribution in [0.5, 0.6) is 0 Å². The van der Waals surface area contributed by atoms with E-state index in [1.807, 2.05) is 0 Å². The van der Waals surface area contributed by atoms with Crippen molar-refractivity contribution in [1.82, 2.24) is 0 Å². The van der Waals surface area contributed by atoms with Gasteiger partial charge in [0.1, 0.15) is 11.2 Å². The van der Waals surface area contributed by atoms with E-state index in [0.29, 0.717) is 0 Å². The minimum atomic E-state index is -1.21. The van der Waals surface area contributed by atoms with Gasteiger partial charge in [-0.15, -0.1) is 11.6 Å². The average molecular weight is 177 g/mol. The summed E-state index contributed by atoms with van der Waals surface area (Å²) in [7, 11) is 0. The predicted molar refractivity (Wildman–Crippen MR) is 45.4 cm³/mol. The van der Waals surface area contributed by atoms with Crippen LogP contribution in [0.15, 0.2) is 0 Å². The highest BCUT2D eigenvalue weighted by molar-refractivity contribution is 6.18. The van der Waals surface area contributed by atoms with Crippen LogP contribution in [0.2, 0.25) is 0 Å². The first-order chi connectivity index (χ1) is 4.77. The molecule has 0 radical (unpaired) electrons. The molecule has 0 heterocycles. The van der Waals surface area contributed by atoms with Gasteiger partial charge in [0.05, 0.1) is 5.88 Å². The Hall–Kier alpha value is -0.230. The Morgan fingerprint density at radius 3 is 1.91 bits per heavy atom. The minimum absolute atomic E-state index is 0.0378. The highest BCUT2D eigenvalue weighted by atomic mass is 35.5. The van der Waals surface area contributed by atoms with E-state index in [-0.39, 0.29) is 5.88 Å². The zero-order valence-electron chi connectivity index (χ0n) is 6.98. The molecule has 1 unspecified atom stereocenters. The molecule has 2 nitrogen and oxygen atoms in total. The van der Waals surface area contributed by atoms with Gasteiger partial charge in [0, 0.05) is 0 Å². The third-order valence-corrected chi connectivity index (χ3v) is 1.42. The van der Waals surface area contributed by atoms with E-state index in [0.717, 1.165) is 0 Å². The first kappa shape index (κ1) is 10.8. The summed E-state index contributed by atoms with van der Waals surface area (Å²) in [5.41, 5.74) is -2.28. The van der Waals surface area contributed by atoms with Crippen molar-refractivity contribution in [3.05, 3.63) is 0 Å². The third kappa shape index (κ3) is 6.18. The van der Waals surface area contributed by atoms with E-state index >= 15 is 0 Å². The van der Waals surface area contributed by atoms with Gasteiger partial charge in [-0.2, -0.15) is 0 Å². The standard InChI is InChI=1S/C8H13ClO2/c1-7(2,10)4-5-8(3,11)6-9/h10-11H,6H2,1-3H3. The number of aliphatic hydroxyl groups is 2. The summed E-state index contributed by atoms with van der Waals surface area (Å²) in [6.07, 6.45) is 0. The van der Waals surface area contributed by atoms with Gasteiger partial charge < -0.3 is 10.2 Å². The van der Waals surface area contributed by atoms with E-state index in [4.69, 9.17) is 16.7 Å². The van der Waals surface area contributed by atoms with Crippen molar-refractivity contribution >= 4 is 11.6 Å². The van der Waals surface area contributed by atoms with E-state index in [1.54, 1.807) is 13.8 Å². The molecule has 0 amide bonds. The molecule has 0 aromatic rings. The van der Waals surface area contributed by atoms with Crippen LogP contribution in [0.4, 0.5) is 0 Å². The highest BCUT2D eigenvalue weighted by Crippen LogP contribution is 2.05. The van der Waals surface area contributed by atoms with Gasteiger partial charge in [0.2, 0.25) is 0 Å². The number of halogens is 1. The Balaban J connectivity index is 4.29. The van der Waals surface area contributed by atoms with Crippen molar-refractivity contribution in [2.75, 3.05) is 5.88 Å². The van der Waals surface area contributed by atoms with Gasteiger partial charge in [0.25, 0.3) is 0 Å². The minimum Gasteiger partial charge on any atom is -0.378 e. The maximum absolute atomic E-state index is 9.27. The lowest BCUT2D eigenvalue weighted by Gasteiger charge is -2.13. The number of alkyl halides is 1. The molecule has 2 N–H and O–H groups in total. The lowest BCUT2D eigenvalue weighted by atomic mass is 10.1. The normalized spacial score (nSPS) is 16.5. The molecule has 0 aliphatic heterocycles. The fraction of sp³-hybridized carbons (Fsp3) is 0.750. The lowest BCUT2D eigenvalue weighted by Crippen LogP contribution is -2.25. The van der Waals surface area contributed by atoms with Crippen molar-refractivity contribution in [2.24, 2.45) is 0 Å². The van der Waals surface area contributed by atoms with Crippen LogP contribution >= 0.6 is 11.6 Å². The van der Waals surface area contributed by atoms with Crippen molar-refractivity contribution in [3.63, 3.8) is 0 Å². The van der Waals surface area contributed by atoms with Crippen molar-refractivity contribution in [3.8, 4) is 11.8 Å². The van der Waals surface area contributed by atoms with Crippen molar-refractivity contribution in [1.29, 1.82) is 0 Å². The van der Waals surface area contributed by atoms with Gasteiger partial charge in [-0.05, 0) is 20.8 Å². The molecule has 64 valence electrons. The quantitative estimate of drug-likeness (QED) is 0.457. The highest BCUT2D eigenvalue weighted by Gasteiger charge is 2.16. The van der Waals surface area contributed by atoms with Gasteiger partial charge in [0.15, 0.2) is 0 Å². The molecule has 11 heavy (non-hydrogen) atoms. The molecule has 0 fully saturated rings. The first-order valence-electron chi connectivity index (χ1n) is 3.32. The van der Waals surface area contributed by atoms with Gasteiger partial charge in [-0.25, -0.2) is 0 Å². The molecule has 0 aromatic heterocycles. The van der Waals surface area contributed by atoms with Crippen molar-refractivity contribution < 1.29 is 10.2 Å². The maximum Gasteiger partial charge on any atom is 0.136 e. The number of hydrogen-bond donors (Lipinski definition) is 2. The van der Waals surface area contributed by atoms with Crippen LogP contribution in [0, 0.1) is 11.8 Å². The Labute approximate surface area is 72.2 Å². The monoisotopic (exact) mass is 176 g/mol. The Morgan fingerprint density at radius 2 is 1.64 bits per heavy atom. The molecule has 0 saturated carbocycles. The van der Waals surface area contributed by atoms with E-state index in [9.17, 15) is 5.11 Å². The Kier molecular flexibility index (Phi) is 3.37. The molecule has 0 aliphatic rings. The maximum atomic E-state index is 9.27. The summed E-state index contributed by atoms with van der Waals surface area (Å²) in [5.74, 6) is 4.99. The molecule has 0 aromatic carbocycles. The molecule has 1 atom stereocenters. The summed E-state index contributed by atoms with van der Waals surface area (Å²) in [6.45, 7) is 4.59. The Bertz CT molecular complexity index is 180. The lowest BCUT2D eigenvalue weighted by molar-refractivity contribution is 0.133. The largest absolute Gasteiger partial charge is 0.378 e. The zero-order valence-corrected chi connectivity index (χ0v) is 7.74. The van der Waals surface area contributed by atoms with Gasteiger partial charge >= 0.3 is 0 Å². The van der Waals surface area contributed by atoms with Gasteiger partial charge in [-0.1, -0.05) is 11.8 Å². The van der Waals surface area contributed by atoms with Crippen LogP contribution in [-0.2, 0) is 0 Å². The number of hydrogen-bond acceptors (Lipinski definition) is 2. The molecule has 0 spiro atoms.